The molecule has 22 heavy (non-hydrogen) atoms. The smallest absolute Gasteiger partial charge is 0.213 e. The van der Waals surface area contributed by atoms with E-state index < -0.39 is 0 Å². The molecule has 0 radical (unpaired) electrons. The minimum Gasteiger partial charge on any atom is -0.474 e. The summed E-state index contributed by atoms with van der Waals surface area (Å²) >= 11 is 9.41. The Labute approximate surface area is 143 Å². The van der Waals surface area contributed by atoms with Crippen LogP contribution in [0.25, 0.3) is 0 Å². The van der Waals surface area contributed by atoms with Crippen LogP contribution in [0.1, 0.15) is 19.3 Å². The monoisotopic (exact) mass is 381 g/mol. The van der Waals surface area contributed by atoms with Crippen LogP contribution in [0.4, 0.5) is 5.82 Å². The molecule has 0 bridgehead atoms. The number of pyridine rings is 2. The minimum atomic E-state index is 0.253. The predicted octanol–water partition coefficient (Wildman–Crippen LogP) is 4.55. The number of nitrogens with one attached hydrogen (secondary N) is 1. The Hall–Kier alpha value is -1.33. The SMILES string of the molecule is Clc1cc(NCC2CCC(Oc3ccccn3)C2)ncc1Br. The molecule has 0 aromatic carbocycles. The zero-order valence-corrected chi connectivity index (χ0v) is 14.3. The number of ether oxygens (including phenoxy) is 1. The molecule has 0 spiro atoms. The third kappa shape index (κ3) is 4.11. The molecule has 116 valence electrons. The van der Waals surface area contributed by atoms with Gasteiger partial charge < -0.3 is 10.1 Å². The second-order valence-corrected chi connectivity index (χ2v) is 6.71. The third-order valence-corrected chi connectivity index (χ3v) is 4.97. The van der Waals surface area contributed by atoms with Gasteiger partial charge in [-0.1, -0.05) is 17.7 Å². The normalized spacial score (nSPS) is 20.8. The van der Waals surface area contributed by atoms with Gasteiger partial charge in [0, 0.05) is 31.1 Å². The number of hydrogen-bond donors (Lipinski definition) is 1. The van der Waals surface area contributed by atoms with E-state index in [1.165, 1.54) is 0 Å². The van der Waals surface area contributed by atoms with Crippen LogP contribution < -0.4 is 10.1 Å². The van der Waals surface area contributed by atoms with Gasteiger partial charge in [-0.2, -0.15) is 0 Å². The molecule has 1 saturated carbocycles. The van der Waals surface area contributed by atoms with Crippen molar-refractivity contribution in [3.63, 3.8) is 0 Å². The van der Waals surface area contributed by atoms with Crippen molar-refractivity contribution in [2.45, 2.75) is 25.4 Å². The van der Waals surface area contributed by atoms with Crippen molar-refractivity contribution in [3.8, 4) is 5.88 Å². The van der Waals surface area contributed by atoms with Crippen LogP contribution >= 0.6 is 27.5 Å². The Morgan fingerprint density at radius 3 is 3.00 bits per heavy atom. The van der Waals surface area contributed by atoms with Gasteiger partial charge in [0.2, 0.25) is 5.88 Å². The van der Waals surface area contributed by atoms with Crippen LogP contribution in [0.3, 0.4) is 0 Å². The number of rotatable bonds is 5. The van der Waals surface area contributed by atoms with Gasteiger partial charge in [-0.25, -0.2) is 9.97 Å². The number of halogens is 2. The summed E-state index contributed by atoms with van der Waals surface area (Å²) in [6.07, 6.45) is 6.97. The van der Waals surface area contributed by atoms with E-state index in [1.807, 2.05) is 24.3 Å². The van der Waals surface area contributed by atoms with Gasteiger partial charge in [-0.05, 0) is 47.2 Å². The molecule has 2 heterocycles. The predicted molar refractivity (Wildman–Crippen MR) is 91.4 cm³/mol. The number of hydrogen-bond acceptors (Lipinski definition) is 4. The van der Waals surface area contributed by atoms with Gasteiger partial charge in [0.05, 0.1) is 9.50 Å². The summed E-state index contributed by atoms with van der Waals surface area (Å²) in [6.45, 7) is 0.882. The quantitative estimate of drug-likeness (QED) is 0.824. The lowest BCUT2D eigenvalue weighted by Crippen LogP contribution is -2.16. The molecule has 0 aliphatic heterocycles. The summed E-state index contributed by atoms with van der Waals surface area (Å²) in [5.74, 6) is 2.10. The van der Waals surface area contributed by atoms with Crippen molar-refractivity contribution in [1.29, 1.82) is 0 Å². The average molecular weight is 383 g/mol. The maximum absolute atomic E-state index is 6.07. The fourth-order valence-electron chi connectivity index (χ4n) is 2.67. The molecule has 1 fully saturated rings. The van der Waals surface area contributed by atoms with E-state index in [0.29, 0.717) is 16.8 Å². The maximum Gasteiger partial charge on any atom is 0.213 e. The lowest BCUT2D eigenvalue weighted by Gasteiger charge is -2.14. The van der Waals surface area contributed by atoms with Gasteiger partial charge in [-0.3, -0.25) is 0 Å². The molecule has 2 aromatic heterocycles. The summed E-state index contributed by atoms with van der Waals surface area (Å²) < 4.78 is 6.72. The zero-order chi connectivity index (χ0) is 15.4. The van der Waals surface area contributed by atoms with Crippen molar-refractivity contribution in [1.82, 2.24) is 9.97 Å². The Kier molecular flexibility index (Phi) is 5.16. The summed E-state index contributed by atoms with van der Waals surface area (Å²) in [5.41, 5.74) is 0. The molecule has 2 atom stereocenters. The van der Waals surface area contributed by atoms with Gasteiger partial charge in [-0.15, -0.1) is 0 Å². The summed E-state index contributed by atoms with van der Waals surface area (Å²) in [6, 6.07) is 7.58. The molecular formula is C16H17BrClN3O. The maximum atomic E-state index is 6.07. The van der Waals surface area contributed by atoms with Crippen LogP contribution in [0.15, 0.2) is 41.1 Å². The highest BCUT2D eigenvalue weighted by Crippen LogP contribution is 2.29. The molecule has 3 rings (SSSR count). The highest BCUT2D eigenvalue weighted by atomic mass is 79.9. The van der Waals surface area contributed by atoms with Gasteiger partial charge >= 0.3 is 0 Å². The van der Waals surface area contributed by atoms with Crippen LogP contribution in [0.2, 0.25) is 5.02 Å². The van der Waals surface area contributed by atoms with Gasteiger partial charge in [0.25, 0.3) is 0 Å². The summed E-state index contributed by atoms with van der Waals surface area (Å²) in [4.78, 5) is 8.51. The van der Waals surface area contributed by atoms with Crippen molar-refractivity contribution in [2.75, 3.05) is 11.9 Å². The van der Waals surface area contributed by atoms with Crippen LogP contribution in [-0.4, -0.2) is 22.6 Å². The van der Waals surface area contributed by atoms with E-state index in [-0.39, 0.29) is 6.10 Å². The van der Waals surface area contributed by atoms with Crippen LogP contribution in [0.5, 0.6) is 5.88 Å². The van der Waals surface area contributed by atoms with E-state index in [0.717, 1.165) is 36.1 Å². The van der Waals surface area contributed by atoms with Crippen molar-refractivity contribution < 1.29 is 4.74 Å². The van der Waals surface area contributed by atoms with Gasteiger partial charge in [0.15, 0.2) is 0 Å². The minimum absolute atomic E-state index is 0.253. The molecule has 1 aliphatic rings. The Morgan fingerprint density at radius 2 is 2.23 bits per heavy atom. The van der Waals surface area contributed by atoms with Crippen molar-refractivity contribution in [3.05, 3.63) is 46.2 Å². The lowest BCUT2D eigenvalue weighted by atomic mass is 10.1. The molecule has 6 heteroatoms. The van der Waals surface area contributed by atoms with E-state index in [1.54, 1.807) is 12.4 Å². The first-order valence-electron chi connectivity index (χ1n) is 7.33. The molecule has 1 aliphatic carbocycles. The van der Waals surface area contributed by atoms with Gasteiger partial charge in [0.1, 0.15) is 11.9 Å². The van der Waals surface area contributed by atoms with Crippen molar-refractivity contribution >= 4 is 33.3 Å². The van der Waals surface area contributed by atoms with E-state index in [4.69, 9.17) is 16.3 Å². The van der Waals surface area contributed by atoms with E-state index in [9.17, 15) is 0 Å². The Morgan fingerprint density at radius 1 is 1.32 bits per heavy atom. The fourth-order valence-corrected chi connectivity index (χ4v) is 3.04. The van der Waals surface area contributed by atoms with Crippen molar-refractivity contribution in [2.24, 2.45) is 5.92 Å². The fraction of sp³-hybridized carbons (Fsp3) is 0.375. The first kappa shape index (κ1) is 15.6. The van der Waals surface area contributed by atoms with E-state index >= 15 is 0 Å². The van der Waals surface area contributed by atoms with E-state index in [2.05, 4.69) is 31.2 Å². The molecular weight excluding hydrogens is 366 g/mol. The first-order valence-corrected chi connectivity index (χ1v) is 8.50. The molecule has 4 nitrogen and oxygen atoms in total. The zero-order valence-electron chi connectivity index (χ0n) is 12.0. The summed E-state index contributed by atoms with van der Waals surface area (Å²) in [5, 5.41) is 4.02. The molecule has 1 N–H and O–H groups in total. The highest BCUT2D eigenvalue weighted by molar-refractivity contribution is 9.10. The second-order valence-electron chi connectivity index (χ2n) is 5.45. The number of nitrogens with zero attached hydrogens (tertiary/aromatic N) is 2. The third-order valence-electron chi connectivity index (χ3n) is 3.80. The largest absolute Gasteiger partial charge is 0.474 e. The van der Waals surface area contributed by atoms with Crippen LogP contribution in [-0.2, 0) is 0 Å². The number of aromatic nitrogens is 2. The highest BCUT2D eigenvalue weighted by Gasteiger charge is 2.26. The lowest BCUT2D eigenvalue weighted by molar-refractivity contribution is 0.196. The number of anilines is 1. The Balaban J connectivity index is 1.47. The van der Waals surface area contributed by atoms with Crippen LogP contribution in [0, 0.1) is 5.92 Å². The first-order chi connectivity index (χ1) is 10.7. The summed E-state index contributed by atoms with van der Waals surface area (Å²) in [7, 11) is 0. The molecule has 0 saturated heterocycles. The standard InChI is InChI=1S/C16H17BrClN3O/c17-13-10-21-15(8-14(13)18)20-9-11-4-5-12(7-11)22-16-3-1-2-6-19-16/h1-3,6,8,10-12H,4-5,7,9H2,(H,20,21). The average Bonchev–Trinajstić information content (AvgIpc) is 2.97. The molecule has 0 amide bonds. The second kappa shape index (κ2) is 7.29. The molecule has 2 unspecified atom stereocenters. The molecule has 2 aromatic rings. The topological polar surface area (TPSA) is 47.0 Å². The Bertz CT molecular complexity index is 626.